The van der Waals surface area contributed by atoms with Gasteiger partial charge < -0.3 is 10.3 Å². The van der Waals surface area contributed by atoms with Gasteiger partial charge in [-0.3, -0.25) is 9.69 Å². The number of piperidine rings is 1. The number of pyridine rings is 1. The van der Waals surface area contributed by atoms with Crippen LogP contribution in [0.5, 0.6) is 0 Å². The van der Waals surface area contributed by atoms with E-state index in [1.54, 1.807) is 18.2 Å². The number of hydrogen-bond acceptors (Lipinski definition) is 4. The monoisotopic (exact) mass is 430 g/mol. The number of nitrogens with zero attached hydrogens (tertiary/aromatic N) is 2. The number of H-pyrrole nitrogens is 1. The molecule has 0 spiro atoms. The van der Waals surface area contributed by atoms with Crippen molar-refractivity contribution in [3.63, 3.8) is 0 Å². The Labute approximate surface area is 186 Å². The highest BCUT2D eigenvalue weighted by Crippen LogP contribution is 2.29. The average molecular weight is 431 g/mol. The lowest BCUT2D eigenvalue weighted by Gasteiger charge is -2.33. The second-order valence-corrected chi connectivity index (χ2v) is 8.78. The lowest BCUT2D eigenvalue weighted by molar-refractivity contribution is 0.211. The summed E-state index contributed by atoms with van der Waals surface area (Å²) >= 11 is 6.19. The van der Waals surface area contributed by atoms with Gasteiger partial charge in [-0.1, -0.05) is 42.0 Å². The Balaban J connectivity index is 1.30. The van der Waals surface area contributed by atoms with Crippen LogP contribution in [-0.2, 0) is 13.0 Å². The smallest absolute Gasteiger partial charge is 0.268 e. The van der Waals surface area contributed by atoms with E-state index in [4.69, 9.17) is 11.6 Å². The van der Waals surface area contributed by atoms with Crippen LogP contribution in [0, 0.1) is 11.3 Å². The topological polar surface area (TPSA) is 71.9 Å². The summed E-state index contributed by atoms with van der Waals surface area (Å²) in [6, 6.07) is 14.4. The third kappa shape index (κ3) is 3.97. The second-order valence-electron chi connectivity index (χ2n) is 8.34. The Bertz CT molecular complexity index is 1280. The molecular weight excluding hydrogens is 408 g/mol. The molecule has 1 saturated heterocycles. The minimum Gasteiger partial charge on any atom is -0.380 e. The summed E-state index contributed by atoms with van der Waals surface area (Å²) < 4.78 is 0. The van der Waals surface area contributed by atoms with Gasteiger partial charge in [-0.15, -0.1) is 0 Å². The van der Waals surface area contributed by atoms with Crippen LogP contribution < -0.4 is 10.9 Å². The molecule has 5 rings (SSSR count). The van der Waals surface area contributed by atoms with Gasteiger partial charge >= 0.3 is 0 Å². The van der Waals surface area contributed by atoms with Crippen molar-refractivity contribution in [1.82, 2.24) is 9.88 Å². The van der Waals surface area contributed by atoms with Gasteiger partial charge in [0.2, 0.25) is 0 Å². The maximum atomic E-state index is 12.4. The summed E-state index contributed by atoms with van der Waals surface area (Å²) in [6.07, 6.45) is 7.36. The van der Waals surface area contributed by atoms with Gasteiger partial charge in [-0.25, -0.2) is 0 Å². The van der Waals surface area contributed by atoms with Crippen LogP contribution in [0.4, 0.5) is 5.69 Å². The largest absolute Gasteiger partial charge is 0.380 e. The molecule has 156 valence electrons. The standard InChI is InChI=1S/C25H23ClN4O/c26-19-6-7-23-21(13-19)24(22(14-27)25(31)29-23)28-20-8-10-30(11-9-20)15-16-4-5-17-2-1-3-18(17)12-16/h1,3-7,12-13,20H,2,8-11,15H2,(H2,28,29,31). The van der Waals surface area contributed by atoms with E-state index in [-0.39, 0.29) is 17.2 Å². The first-order valence-corrected chi connectivity index (χ1v) is 11.0. The maximum Gasteiger partial charge on any atom is 0.268 e. The van der Waals surface area contributed by atoms with Crippen LogP contribution in [0.25, 0.3) is 17.0 Å². The van der Waals surface area contributed by atoms with Crippen molar-refractivity contribution in [2.45, 2.75) is 31.8 Å². The number of hydrogen-bond donors (Lipinski definition) is 2. The van der Waals surface area contributed by atoms with Gasteiger partial charge in [0.25, 0.3) is 5.56 Å². The lowest BCUT2D eigenvalue weighted by atomic mass is 10.0. The summed E-state index contributed by atoms with van der Waals surface area (Å²) in [4.78, 5) is 17.6. The summed E-state index contributed by atoms with van der Waals surface area (Å²) in [5.41, 5.74) is 5.11. The molecule has 2 aliphatic rings. The molecule has 1 aliphatic heterocycles. The molecule has 0 atom stereocenters. The zero-order valence-corrected chi connectivity index (χ0v) is 17.9. The first-order chi connectivity index (χ1) is 15.1. The molecule has 2 heterocycles. The zero-order valence-electron chi connectivity index (χ0n) is 17.1. The van der Waals surface area contributed by atoms with Gasteiger partial charge in [0.05, 0.1) is 11.2 Å². The van der Waals surface area contributed by atoms with E-state index in [1.807, 2.05) is 0 Å². The Morgan fingerprint density at radius 2 is 2.03 bits per heavy atom. The van der Waals surface area contributed by atoms with Crippen molar-refractivity contribution in [2.75, 3.05) is 18.4 Å². The number of rotatable bonds is 4. The normalized spacial score (nSPS) is 16.4. The molecule has 0 unspecified atom stereocenters. The lowest BCUT2D eigenvalue weighted by Crippen LogP contribution is -2.39. The fraction of sp³-hybridized carbons (Fsp3) is 0.280. The fourth-order valence-corrected chi connectivity index (χ4v) is 4.79. The third-order valence-corrected chi connectivity index (χ3v) is 6.51. The van der Waals surface area contributed by atoms with E-state index in [2.05, 4.69) is 51.6 Å². The van der Waals surface area contributed by atoms with Crippen molar-refractivity contribution in [3.05, 3.63) is 80.1 Å². The highest BCUT2D eigenvalue weighted by molar-refractivity contribution is 6.31. The SMILES string of the molecule is N#Cc1c(NC2CCN(Cc3ccc4c(c3)C=CC4)CC2)c2cc(Cl)ccc2[nH]c1=O. The van der Waals surface area contributed by atoms with Crippen LogP contribution in [0.1, 0.15) is 35.1 Å². The predicted octanol–water partition coefficient (Wildman–Crippen LogP) is 4.70. The first kappa shape index (κ1) is 19.9. The van der Waals surface area contributed by atoms with Crippen LogP contribution in [-0.4, -0.2) is 29.0 Å². The number of likely N-dealkylation sites (tertiary alicyclic amines) is 1. The highest BCUT2D eigenvalue weighted by Gasteiger charge is 2.22. The van der Waals surface area contributed by atoms with Crippen molar-refractivity contribution in [3.8, 4) is 6.07 Å². The van der Waals surface area contributed by atoms with Crippen LogP contribution >= 0.6 is 11.6 Å². The van der Waals surface area contributed by atoms with Crippen LogP contribution in [0.3, 0.4) is 0 Å². The van der Waals surface area contributed by atoms with Gasteiger partial charge in [0.1, 0.15) is 11.6 Å². The molecular formula is C25H23ClN4O. The van der Waals surface area contributed by atoms with E-state index in [9.17, 15) is 10.1 Å². The molecule has 1 fully saturated rings. The van der Waals surface area contributed by atoms with Gasteiger partial charge in [0.15, 0.2) is 0 Å². The number of halogens is 1. The van der Waals surface area contributed by atoms with Crippen LogP contribution in [0.2, 0.25) is 5.02 Å². The zero-order chi connectivity index (χ0) is 21.4. The number of aromatic amines is 1. The number of anilines is 1. The van der Waals surface area contributed by atoms with Crippen molar-refractivity contribution < 1.29 is 0 Å². The molecule has 1 aliphatic carbocycles. The van der Waals surface area contributed by atoms with E-state index < -0.39 is 0 Å². The Morgan fingerprint density at radius 3 is 2.84 bits per heavy atom. The molecule has 2 aromatic carbocycles. The number of fused-ring (bicyclic) bond motifs is 2. The molecule has 1 aromatic heterocycles. The molecule has 2 N–H and O–H groups in total. The minimum atomic E-state index is -0.372. The molecule has 0 bridgehead atoms. The number of aromatic nitrogens is 1. The van der Waals surface area contributed by atoms with E-state index >= 15 is 0 Å². The van der Waals surface area contributed by atoms with E-state index in [1.165, 1.54) is 16.7 Å². The molecule has 31 heavy (non-hydrogen) atoms. The Kier molecular flexibility index (Phi) is 5.27. The van der Waals surface area contributed by atoms with E-state index in [0.717, 1.165) is 44.3 Å². The molecule has 6 heteroatoms. The predicted molar refractivity (Wildman–Crippen MR) is 125 cm³/mol. The molecule has 0 radical (unpaired) electrons. The van der Waals surface area contributed by atoms with Crippen molar-refractivity contribution >= 4 is 34.3 Å². The van der Waals surface area contributed by atoms with Crippen molar-refractivity contribution in [1.29, 1.82) is 5.26 Å². The summed E-state index contributed by atoms with van der Waals surface area (Å²) in [7, 11) is 0. The third-order valence-electron chi connectivity index (χ3n) is 6.28. The van der Waals surface area contributed by atoms with Crippen LogP contribution in [0.15, 0.2) is 47.3 Å². The Hall–Kier alpha value is -3.07. The molecule has 0 amide bonds. The number of nitrogens with one attached hydrogen (secondary N) is 2. The number of allylic oxidation sites excluding steroid dienone is 1. The molecule has 0 saturated carbocycles. The fourth-order valence-electron chi connectivity index (χ4n) is 4.62. The number of nitriles is 1. The second kappa shape index (κ2) is 8.22. The van der Waals surface area contributed by atoms with Gasteiger partial charge in [-0.05, 0) is 54.2 Å². The van der Waals surface area contributed by atoms with Gasteiger partial charge in [-0.2, -0.15) is 5.26 Å². The Morgan fingerprint density at radius 1 is 1.19 bits per heavy atom. The first-order valence-electron chi connectivity index (χ1n) is 10.6. The van der Waals surface area contributed by atoms with Crippen molar-refractivity contribution in [2.24, 2.45) is 0 Å². The number of benzene rings is 2. The summed E-state index contributed by atoms with van der Waals surface area (Å²) in [6.45, 7) is 2.88. The molecule has 5 nitrogen and oxygen atoms in total. The molecule has 3 aromatic rings. The minimum absolute atomic E-state index is 0.114. The quantitative estimate of drug-likeness (QED) is 0.629. The summed E-state index contributed by atoms with van der Waals surface area (Å²) in [5.74, 6) is 0. The van der Waals surface area contributed by atoms with Gasteiger partial charge in [0, 0.05) is 36.1 Å². The summed E-state index contributed by atoms with van der Waals surface area (Å²) in [5, 5.41) is 14.4. The highest BCUT2D eigenvalue weighted by atomic mass is 35.5. The van der Waals surface area contributed by atoms with E-state index in [0.29, 0.717) is 16.2 Å². The maximum absolute atomic E-state index is 12.4. The average Bonchev–Trinajstić information content (AvgIpc) is 3.24.